The van der Waals surface area contributed by atoms with E-state index in [4.69, 9.17) is 4.74 Å². The van der Waals surface area contributed by atoms with E-state index in [1.807, 2.05) is 54.8 Å². The van der Waals surface area contributed by atoms with Gasteiger partial charge in [0, 0.05) is 28.4 Å². The third kappa shape index (κ3) is 3.33. The number of aryl methyl sites for hydroxylation is 2. The molecule has 0 aliphatic carbocycles. The number of ketones is 1. The largest absolute Gasteiger partial charge is 0.496 e. The summed E-state index contributed by atoms with van der Waals surface area (Å²) in [5.41, 5.74) is 4.15. The number of carbonyl (C=O) groups excluding carboxylic acids is 2. The number of hydrogen-bond donors (Lipinski definition) is 1. The predicted octanol–water partition coefficient (Wildman–Crippen LogP) is 4.11. The monoisotopic (exact) mass is 350 g/mol. The fourth-order valence-corrected chi connectivity index (χ4v) is 3.15. The number of methoxy groups -OCH3 is 1. The van der Waals surface area contributed by atoms with E-state index in [1.165, 1.54) is 6.92 Å². The van der Waals surface area contributed by atoms with Crippen LogP contribution in [0.2, 0.25) is 0 Å². The maximum absolute atomic E-state index is 12.6. The van der Waals surface area contributed by atoms with E-state index < -0.39 is 0 Å². The molecule has 0 fully saturated rings. The number of carbonyl (C=O) groups is 2. The molecule has 5 heteroatoms. The number of nitrogens with one attached hydrogen (secondary N) is 1. The third-order valence-corrected chi connectivity index (χ3v) is 4.50. The van der Waals surface area contributed by atoms with Gasteiger partial charge >= 0.3 is 0 Å². The van der Waals surface area contributed by atoms with Crippen molar-refractivity contribution in [3.63, 3.8) is 0 Å². The summed E-state index contributed by atoms with van der Waals surface area (Å²) in [6.07, 6.45) is 1.75. The lowest BCUT2D eigenvalue weighted by molar-refractivity contribution is -0.116. The summed E-state index contributed by atoms with van der Waals surface area (Å²) in [4.78, 5) is 24.4. The number of anilines is 1. The summed E-state index contributed by atoms with van der Waals surface area (Å²) in [5.74, 6) is 0.638. The van der Waals surface area contributed by atoms with Crippen LogP contribution in [0.1, 0.15) is 28.4 Å². The molecule has 134 valence electrons. The topological polar surface area (TPSA) is 60.3 Å². The molecule has 3 aromatic rings. The number of fused-ring (bicyclic) bond motifs is 1. The summed E-state index contributed by atoms with van der Waals surface area (Å²) in [5, 5.41) is 3.82. The van der Waals surface area contributed by atoms with Gasteiger partial charge in [0.25, 0.3) is 0 Å². The highest BCUT2D eigenvalue weighted by molar-refractivity contribution is 6.07. The first kappa shape index (κ1) is 17.7. The van der Waals surface area contributed by atoms with Crippen LogP contribution in [0.5, 0.6) is 5.75 Å². The number of amides is 1. The Labute approximate surface area is 152 Å². The van der Waals surface area contributed by atoms with Crippen LogP contribution >= 0.6 is 0 Å². The molecule has 0 spiro atoms. The molecule has 0 saturated carbocycles. The van der Waals surface area contributed by atoms with Crippen molar-refractivity contribution < 1.29 is 14.3 Å². The van der Waals surface area contributed by atoms with Crippen molar-refractivity contribution >= 4 is 28.3 Å². The van der Waals surface area contributed by atoms with Crippen LogP contribution in [0.3, 0.4) is 0 Å². The van der Waals surface area contributed by atoms with E-state index in [1.54, 1.807) is 13.3 Å². The molecule has 1 amide bonds. The van der Waals surface area contributed by atoms with Crippen molar-refractivity contribution in [1.29, 1.82) is 0 Å². The molecule has 26 heavy (non-hydrogen) atoms. The Morgan fingerprint density at radius 1 is 1.12 bits per heavy atom. The lowest BCUT2D eigenvalue weighted by Crippen LogP contribution is -2.19. The maximum atomic E-state index is 12.6. The van der Waals surface area contributed by atoms with Crippen LogP contribution in [0.15, 0.2) is 42.6 Å². The molecule has 0 aliphatic rings. The van der Waals surface area contributed by atoms with Gasteiger partial charge in [0.2, 0.25) is 5.91 Å². The quantitative estimate of drug-likeness (QED) is 0.705. The molecule has 0 bridgehead atoms. The lowest BCUT2D eigenvalue weighted by atomic mass is 10.1. The van der Waals surface area contributed by atoms with Crippen molar-refractivity contribution in [3.8, 4) is 5.75 Å². The van der Waals surface area contributed by atoms with Crippen molar-refractivity contribution in [2.24, 2.45) is 0 Å². The average molecular weight is 350 g/mol. The van der Waals surface area contributed by atoms with Gasteiger partial charge in [-0.2, -0.15) is 0 Å². The van der Waals surface area contributed by atoms with Gasteiger partial charge in [-0.15, -0.1) is 0 Å². The fourth-order valence-electron chi connectivity index (χ4n) is 3.15. The summed E-state index contributed by atoms with van der Waals surface area (Å²) < 4.78 is 7.12. The second kappa shape index (κ2) is 7.04. The molecular weight excluding hydrogens is 328 g/mol. The summed E-state index contributed by atoms with van der Waals surface area (Å²) in [6, 6.07) is 11.4. The number of nitrogens with zero attached hydrogens (tertiary/aromatic N) is 1. The van der Waals surface area contributed by atoms with Crippen molar-refractivity contribution in [3.05, 3.63) is 59.3 Å². The third-order valence-electron chi connectivity index (χ3n) is 4.50. The number of rotatable bonds is 5. The summed E-state index contributed by atoms with van der Waals surface area (Å²) in [7, 11) is 1.63. The van der Waals surface area contributed by atoms with Crippen molar-refractivity contribution in [2.75, 3.05) is 12.4 Å². The van der Waals surface area contributed by atoms with E-state index in [2.05, 4.69) is 5.32 Å². The van der Waals surface area contributed by atoms with E-state index in [9.17, 15) is 9.59 Å². The molecule has 0 atom stereocenters. The standard InChI is InChI=1S/C21H22N2O3/c1-13-10-20(26-4)14(2)9-18(13)22-21(25)12-23-11-17(15(3)24)16-7-5-6-8-19(16)23/h5-11H,12H2,1-4H3,(H,22,25). The lowest BCUT2D eigenvalue weighted by Gasteiger charge is -2.13. The van der Waals surface area contributed by atoms with Crippen LogP contribution in [0.4, 0.5) is 5.69 Å². The SMILES string of the molecule is COc1cc(C)c(NC(=O)Cn2cc(C(C)=O)c3ccccc32)cc1C. The first-order chi connectivity index (χ1) is 12.4. The van der Waals surface area contributed by atoms with E-state index in [0.29, 0.717) is 5.56 Å². The van der Waals surface area contributed by atoms with Gasteiger partial charge in [-0.1, -0.05) is 18.2 Å². The van der Waals surface area contributed by atoms with Crippen LogP contribution in [-0.4, -0.2) is 23.4 Å². The minimum atomic E-state index is -0.145. The Kier molecular flexibility index (Phi) is 4.80. The van der Waals surface area contributed by atoms with Crippen molar-refractivity contribution in [1.82, 2.24) is 4.57 Å². The van der Waals surface area contributed by atoms with E-state index in [0.717, 1.165) is 33.5 Å². The number of Topliss-reactive ketones (excluding diaryl/α,β-unsaturated/α-hetero) is 1. The van der Waals surface area contributed by atoms with Gasteiger partial charge in [-0.3, -0.25) is 9.59 Å². The van der Waals surface area contributed by atoms with Crippen LogP contribution in [0.25, 0.3) is 10.9 Å². The molecule has 0 aliphatic heterocycles. The molecule has 0 radical (unpaired) electrons. The van der Waals surface area contributed by atoms with Crippen LogP contribution in [-0.2, 0) is 11.3 Å². The number of para-hydroxylation sites is 1. The number of aromatic nitrogens is 1. The van der Waals surface area contributed by atoms with Gasteiger partial charge in [-0.25, -0.2) is 0 Å². The smallest absolute Gasteiger partial charge is 0.244 e. The van der Waals surface area contributed by atoms with Gasteiger partial charge < -0.3 is 14.6 Å². The highest BCUT2D eigenvalue weighted by Gasteiger charge is 2.14. The normalized spacial score (nSPS) is 10.8. The molecule has 1 heterocycles. The number of benzene rings is 2. The van der Waals surface area contributed by atoms with E-state index in [-0.39, 0.29) is 18.2 Å². The van der Waals surface area contributed by atoms with Crippen LogP contribution in [0, 0.1) is 13.8 Å². The Bertz CT molecular complexity index is 1000. The second-order valence-electron chi connectivity index (χ2n) is 6.43. The number of ether oxygens (including phenoxy) is 1. The zero-order valence-electron chi connectivity index (χ0n) is 15.4. The summed E-state index contributed by atoms with van der Waals surface area (Å²) >= 11 is 0. The molecule has 5 nitrogen and oxygen atoms in total. The molecule has 0 saturated heterocycles. The Balaban J connectivity index is 1.86. The molecule has 2 aromatic carbocycles. The van der Waals surface area contributed by atoms with E-state index >= 15 is 0 Å². The van der Waals surface area contributed by atoms with Gasteiger partial charge in [-0.05, 0) is 50.1 Å². The Hall–Kier alpha value is -3.08. The fraction of sp³-hybridized carbons (Fsp3) is 0.238. The molecule has 1 aromatic heterocycles. The zero-order valence-corrected chi connectivity index (χ0v) is 15.4. The molecule has 0 unspecified atom stereocenters. The summed E-state index contributed by atoms with van der Waals surface area (Å²) in [6.45, 7) is 5.54. The predicted molar refractivity (Wildman–Crippen MR) is 103 cm³/mol. The second-order valence-corrected chi connectivity index (χ2v) is 6.43. The average Bonchev–Trinajstić information content (AvgIpc) is 2.97. The molecule has 3 rings (SSSR count). The minimum absolute atomic E-state index is 0.0121. The number of hydrogen-bond acceptors (Lipinski definition) is 3. The van der Waals surface area contributed by atoms with Crippen LogP contribution < -0.4 is 10.1 Å². The Morgan fingerprint density at radius 2 is 1.85 bits per heavy atom. The van der Waals surface area contributed by atoms with Crippen molar-refractivity contribution in [2.45, 2.75) is 27.3 Å². The van der Waals surface area contributed by atoms with Gasteiger partial charge in [0.15, 0.2) is 5.78 Å². The molecular formula is C21H22N2O3. The van der Waals surface area contributed by atoms with Gasteiger partial charge in [0.1, 0.15) is 12.3 Å². The Morgan fingerprint density at radius 3 is 2.54 bits per heavy atom. The minimum Gasteiger partial charge on any atom is -0.496 e. The van der Waals surface area contributed by atoms with Gasteiger partial charge in [0.05, 0.1) is 7.11 Å². The highest BCUT2D eigenvalue weighted by atomic mass is 16.5. The zero-order chi connectivity index (χ0) is 18.8. The first-order valence-electron chi connectivity index (χ1n) is 8.44. The highest BCUT2D eigenvalue weighted by Crippen LogP contribution is 2.26. The first-order valence-corrected chi connectivity index (χ1v) is 8.44. The molecule has 1 N–H and O–H groups in total. The maximum Gasteiger partial charge on any atom is 0.244 e.